The number of carbonyl (C=O) groups excluding carboxylic acids is 1. The molecular formula is C22H24N4O. The maximum Gasteiger partial charge on any atom is 0.254 e. The number of benzene rings is 2. The van der Waals surface area contributed by atoms with Crippen LogP contribution in [0.25, 0.3) is 0 Å². The van der Waals surface area contributed by atoms with Crippen molar-refractivity contribution in [3.63, 3.8) is 0 Å². The zero-order chi connectivity index (χ0) is 18.6. The summed E-state index contributed by atoms with van der Waals surface area (Å²) in [4.78, 5) is 23.9. The minimum atomic E-state index is -0.441. The topological polar surface area (TPSA) is 57.1 Å². The van der Waals surface area contributed by atoms with Gasteiger partial charge in [0, 0.05) is 12.5 Å². The van der Waals surface area contributed by atoms with Gasteiger partial charge in [0.05, 0.1) is 6.34 Å². The molecule has 3 unspecified atom stereocenters. The summed E-state index contributed by atoms with van der Waals surface area (Å²) in [6.07, 6.45) is 4.19. The van der Waals surface area contributed by atoms with E-state index in [2.05, 4.69) is 46.4 Å². The average Bonchev–Trinajstić information content (AvgIpc) is 3.12. The van der Waals surface area contributed by atoms with E-state index in [1.165, 1.54) is 5.56 Å². The summed E-state index contributed by atoms with van der Waals surface area (Å²) in [5.41, 5.74) is 2.46. The minimum absolute atomic E-state index is 0.0602. The second kappa shape index (κ2) is 7.74. The Morgan fingerprint density at radius 1 is 1.04 bits per heavy atom. The summed E-state index contributed by atoms with van der Waals surface area (Å²) >= 11 is 0. The first-order chi connectivity index (χ1) is 13.2. The number of amidine groups is 1. The van der Waals surface area contributed by atoms with Gasteiger partial charge in [0.25, 0.3) is 5.91 Å². The zero-order valence-corrected chi connectivity index (χ0v) is 15.5. The smallest absolute Gasteiger partial charge is 0.254 e. The fourth-order valence-electron chi connectivity index (χ4n) is 3.63. The van der Waals surface area contributed by atoms with Crippen molar-refractivity contribution in [1.82, 2.24) is 10.2 Å². The molecule has 0 saturated carbocycles. The second-order valence-electron chi connectivity index (χ2n) is 7.17. The number of amides is 1. The second-order valence-corrected chi connectivity index (χ2v) is 7.17. The van der Waals surface area contributed by atoms with Gasteiger partial charge in [-0.15, -0.1) is 0 Å². The summed E-state index contributed by atoms with van der Waals surface area (Å²) in [6, 6.07) is 20.4. The van der Waals surface area contributed by atoms with Crippen LogP contribution in [0.15, 0.2) is 70.6 Å². The van der Waals surface area contributed by atoms with Crippen LogP contribution in [-0.4, -0.2) is 41.2 Å². The predicted octanol–water partition coefficient (Wildman–Crippen LogP) is 2.82. The Labute approximate surface area is 159 Å². The maximum atomic E-state index is 12.5. The van der Waals surface area contributed by atoms with Gasteiger partial charge in [0.15, 0.2) is 12.2 Å². The summed E-state index contributed by atoms with van der Waals surface area (Å²) in [7, 11) is 0. The van der Waals surface area contributed by atoms with Crippen LogP contribution in [0.2, 0.25) is 0 Å². The Balaban J connectivity index is 1.45. The van der Waals surface area contributed by atoms with Crippen LogP contribution in [0.1, 0.15) is 24.5 Å². The normalized spacial score (nSPS) is 22.2. The molecule has 2 aromatic rings. The summed E-state index contributed by atoms with van der Waals surface area (Å²) in [6.45, 7) is 2.18. The van der Waals surface area contributed by atoms with E-state index in [9.17, 15) is 4.79 Å². The van der Waals surface area contributed by atoms with Crippen LogP contribution in [0.3, 0.4) is 0 Å². The molecule has 2 aromatic carbocycles. The van der Waals surface area contributed by atoms with Crippen LogP contribution in [-0.2, 0) is 17.6 Å². The Morgan fingerprint density at radius 3 is 2.41 bits per heavy atom. The number of rotatable bonds is 6. The van der Waals surface area contributed by atoms with Gasteiger partial charge >= 0.3 is 0 Å². The van der Waals surface area contributed by atoms with Crippen molar-refractivity contribution in [2.45, 2.75) is 44.4 Å². The third kappa shape index (κ3) is 3.92. The third-order valence-electron chi connectivity index (χ3n) is 5.19. The van der Waals surface area contributed by atoms with Crippen molar-refractivity contribution in [2.75, 3.05) is 0 Å². The van der Waals surface area contributed by atoms with E-state index in [1.54, 1.807) is 6.34 Å². The molecule has 1 amide bonds. The maximum absolute atomic E-state index is 12.5. The lowest BCUT2D eigenvalue weighted by Gasteiger charge is -2.33. The highest BCUT2D eigenvalue weighted by molar-refractivity contribution is 6.04. The Morgan fingerprint density at radius 2 is 1.70 bits per heavy atom. The van der Waals surface area contributed by atoms with Gasteiger partial charge in [0.2, 0.25) is 0 Å². The van der Waals surface area contributed by atoms with Crippen LogP contribution in [0.5, 0.6) is 0 Å². The number of nitrogens with zero attached hydrogens (tertiary/aromatic N) is 3. The summed E-state index contributed by atoms with van der Waals surface area (Å²) < 4.78 is 0. The van der Waals surface area contributed by atoms with E-state index in [4.69, 9.17) is 4.99 Å². The van der Waals surface area contributed by atoms with Crippen molar-refractivity contribution in [3.05, 3.63) is 71.8 Å². The largest absolute Gasteiger partial charge is 0.336 e. The molecule has 0 spiro atoms. The van der Waals surface area contributed by atoms with E-state index < -0.39 is 6.04 Å². The summed E-state index contributed by atoms with van der Waals surface area (Å²) in [5.74, 6) is 0.660. The van der Waals surface area contributed by atoms with E-state index in [0.29, 0.717) is 6.42 Å². The standard InChI is InChI=1S/C22H24N4O/c1-16(12-13-17-8-4-2-5-9-17)26-15-23-20-21(26)24-19(25-22(20)27)14-18-10-6-3-7-11-18/h2-11,15-16,20-21H,12-14H2,1H3,(H,24,25,27). The lowest BCUT2D eigenvalue weighted by Crippen LogP contribution is -2.53. The molecule has 27 heavy (non-hydrogen) atoms. The number of hydrogen-bond acceptors (Lipinski definition) is 4. The number of aliphatic imine (C=N–C) groups is 2. The molecule has 3 atom stereocenters. The molecule has 2 heterocycles. The molecule has 0 aliphatic carbocycles. The SMILES string of the molecule is CC(CCc1ccccc1)N1C=NC2C(=O)NC(Cc3ccccc3)=NC21. The highest BCUT2D eigenvalue weighted by Crippen LogP contribution is 2.23. The third-order valence-corrected chi connectivity index (χ3v) is 5.19. The van der Waals surface area contributed by atoms with E-state index in [1.807, 2.05) is 36.4 Å². The van der Waals surface area contributed by atoms with Crippen molar-refractivity contribution < 1.29 is 4.79 Å². The fourth-order valence-corrected chi connectivity index (χ4v) is 3.63. The van der Waals surface area contributed by atoms with Crippen molar-refractivity contribution in [1.29, 1.82) is 0 Å². The van der Waals surface area contributed by atoms with E-state index in [0.717, 1.165) is 24.2 Å². The van der Waals surface area contributed by atoms with Gasteiger partial charge < -0.3 is 10.2 Å². The average molecular weight is 360 g/mol. The highest BCUT2D eigenvalue weighted by atomic mass is 16.2. The molecule has 0 bridgehead atoms. The molecule has 2 aliphatic heterocycles. The van der Waals surface area contributed by atoms with Crippen LogP contribution < -0.4 is 5.32 Å². The van der Waals surface area contributed by atoms with Gasteiger partial charge in [-0.3, -0.25) is 9.79 Å². The molecule has 1 N–H and O–H groups in total. The number of nitrogens with one attached hydrogen (secondary N) is 1. The molecule has 0 radical (unpaired) electrons. The Kier molecular flexibility index (Phi) is 5.01. The monoisotopic (exact) mass is 360 g/mol. The first kappa shape index (κ1) is 17.5. The van der Waals surface area contributed by atoms with Crippen molar-refractivity contribution >= 4 is 18.1 Å². The predicted molar refractivity (Wildman–Crippen MR) is 108 cm³/mol. The summed E-state index contributed by atoms with van der Waals surface area (Å²) in [5, 5.41) is 2.92. The van der Waals surface area contributed by atoms with Gasteiger partial charge in [-0.1, -0.05) is 60.7 Å². The Bertz CT molecular complexity index is 847. The first-order valence-corrected chi connectivity index (χ1v) is 9.47. The number of aryl methyl sites for hydroxylation is 1. The molecule has 0 saturated heterocycles. The van der Waals surface area contributed by atoms with E-state index in [-0.39, 0.29) is 18.1 Å². The number of fused-ring (bicyclic) bond motifs is 1. The highest BCUT2D eigenvalue weighted by Gasteiger charge is 2.41. The van der Waals surface area contributed by atoms with Crippen molar-refractivity contribution in [2.24, 2.45) is 9.98 Å². The number of carbonyl (C=O) groups is 1. The molecule has 0 fully saturated rings. The lowest BCUT2D eigenvalue weighted by molar-refractivity contribution is -0.122. The molecule has 5 heteroatoms. The fraction of sp³-hybridized carbons (Fsp3) is 0.318. The van der Waals surface area contributed by atoms with Gasteiger partial charge in [-0.25, -0.2) is 4.99 Å². The van der Waals surface area contributed by atoms with Crippen LogP contribution in [0.4, 0.5) is 0 Å². The van der Waals surface area contributed by atoms with Gasteiger partial charge in [-0.05, 0) is 30.9 Å². The molecule has 4 rings (SSSR count). The van der Waals surface area contributed by atoms with Crippen LogP contribution in [0, 0.1) is 0 Å². The first-order valence-electron chi connectivity index (χ1n) is 9.47. The van der Waals surface area contributed by atoms with Gasteiger partial charge in [-0.2, -0.15) is 0 Å². The molecular weight excluding hydrogens is 336 g/mol. The van der Waals surface area contributed by atoms with E-state index >= 15 is 0 Å². The number of hydrogen-bond donors (Lipinski definition) is 1. The van der Waals surface area contributed by atoms with Crippen LogP contribution >= 0.6 is 0 Å². The quantitative estimate of drug-likeness (QED) is 0.861. The molecule has 0 aromatic heterocycles. The minimum Gasteiger partial charge on any atom is -0.336 e. The van der Waals surface area contributed by atoms with Gasteiger partial charge in [0.1, 0.15) is 5.84 Å². The molecule has 5 nitrogen and oxygen atoms in total. The Hall–Kier alpha value is -2.95. The molecule has 2 aliphatic rings. The lowest BCUT2D eigenvalue weighted by atomic mass is 10.0. The zero-order valence-electron chi connectivity index (χ0n) is 15.5. The molecule has 138 valence electrons. The van der Waals surface area contributed by atoms with Crippen molar-refractivity contribution in [3.8, 4) is 0 Å².